The fraction of sp³-hybridized carbons (Fsp3) is 0.636. The molecule has 4 heteroatoms. The highest BCUT2D eigenvalue weighted by atomic mass is 16.2. The van der Waals surface area contributed by atoms with Crippen LogP contribution in [0.1, 0.15) is 36.8 Å². The van der Waals surface area contributed by atoms with E-state index >= 15 is 0 Å². The summed E-state index contributed by atoms with van der Waals surface area (Å²) in [5.74, 6) is -0.0412. The molecule has 0 saturated carbocycles. The number of aromatic nitrogens is 2. The molecule has 1 heterocycles. The van der Waals surface area contributed by atoms with E-state index in [1.807, 2.05) is 13.2 Å². The second kappa shape index (κ2) is 3.68. The number of rotatable bonds is 1. The summed E-state index contributed by atoms with van der Waals surface area (Å²) in [6.45, 7) is 6.24. The van der Waals surface area contributed by atoms with E-state index in [4.69, 9.17) is 0 Å². The van der Waals surface area contributed by atoms with Crippen LogP contribution in [0.3, 0.4) is 0 Å². The van der Waals surface area contributed by atoms with E-state index in [2.05, 4.69) is 25.9 Å². The summed E-state index contributed by atoms with van der Waals surface area (Å²) in [5.41, 5.74) is 1.48. The van der Waals surface area contributed by atoms with Crippen LogP contribution in [0.25, 0.3) is 0 Å². The molecule has 1 aromatic heterocycles. The third-order valence-electron chi connectivity index (χ3n) is 2.25. The maximum Gasteiger partial charge on any atom is 0.274 e. The van der Waals surface area contributed by atoms with Crippen LogP contribution in [-0.4, -0.2) is 34.7 Å². The van der Waals surface area contributed by atoms with Crippen molar-refractivity contribution in [1.29, 1.82) is 0 Å². The quantitative estimate of drug-likeness (QED) is 0.701. The van der Waals surface area contributed by atoms with Crippen molar-refractivity contribution in [1.82, 2.24) is 14.7 Å². The topological polar surface area (TPSA) is 38.1 Å². The van der Waals surface area contributed by atoms with E-state index in [-0.39, 0.29) is 11.3 Å². The monoisotopic (exact) mass is 209 g/mol. The Labute approximate surface area is 90.9 Å². The van der Waals surface area contributed by atoms with E-state index in [0.29, 0.717) is 5.69 Å². The van der Waals surface area contributed by atoms with Crippen LogP contribution < -0.4 is 0 Å². The Balaban J connectivity index is 3.24. The van der Waals surface area contributed by atoms with Gasteiger partial charge in [0, 0.05) is 32.9 Å². The van der Waals surface area contributed by atoms with Gasteiger partial charge >= 0.3 is 0 Å². The van der Waals surface area contributed by atoms with Gasteiger partial charge in [0.2, 0.25) is 0 Å². The number of carbonyl (C=O) groups is 1. The van der Waals surface area contributed by atoms with Crippen molar-refractivity contribution in [3.05, 3.63) is 17.5 Å². The Morgan fingerprint density at radius 2 is 1.93 bits per heavy atom. The van der Waals surface area contributed by atoms with Crippen LogP contribution in [0.5, 0.6) is 0 Å². The largest absolute Gasteiger partial charge is 0.343 e. The molecule has 0 aliphatic rings. The minimum Gasteiger partial charge on any atom is -0.343 e. The predicted octanol–water partition coefficient (Wildman–Crippen LogP) is 1.42. The van der Waals surface area contributed by atoms with E-state index in [1.54, 1.807) is 23.7 Å². The molecule has 1 amide bonds. The minimum atomic E-state index is -0.0603. The zero-order chi connectivity index (χ0) is 11.8. The van der Waals surface area contributed by atoms with Crippen molar-refractivity contribution >= 4 is 5.91 Å². The lowest BCUT2D eigenvalue weighted by Crippen LogP contribution is -2.25. The fourth-order valence-corrected chi connectivity index (χ4v) is 1.41. The van der Waals surface area contributed by atoms with Crippen LogP contribution in [0.4, 0.5) is 0 Å². The smallest absolute Gasteiger partial charge is 0.274 e. The Hall–Kier alpha value is -1.32. The van der Waals surface area contributed by atoms with Crippen LogP contribution in [-0.2, 0) is 12.5 Å². The zero-order valence-corrected chi connectivity index (χ0v) is 10.3. The molecule has 0 unspecified atom stereocenters. The van der Waals surface area contributed by atoms with E-state index in [1.165, 1.54) is 0 Å². The van der Waals surface area contributed by atoms with Gasteiger partial charge in [0.1, 0.15) is 0 Å². The van der Waals surface area contributed by atoms with E-state index in [0.717, 1.165) is 5.56 Å². The van der Waals surface area contributed by atoms with Gasteiger partial charge in [-0.25, -0.2) is 0 Å². The lowest BCUT2D eigenvalue weighted by Gasteiger charge is -2.19. The van der Waals surface area contributed by atoms with Crippen molar-refractivity contribution in [2.45, 2.75) is 26.2 Å². The second-order valence-electron chi connectivity index (χ2n) is 5.01. The molecule has 0 spiro atoms. The molecule has 0 aliphatic heterocycles. The van der Waals surface area contributed by atoms with Gasteiger partial charge in [0.25, 0.3) is 5.91 Å². The molecule has 0 fully saturated rings. The lowest BCUT2D eigenvalue weighted by atomic mass is 9.87. The third-order valence-corrected chi connectivity index (χ3v) is 2.25. The van der Waals surface area contributed by atoms with Crippen molar-refractivity contribution in [3.63, 3.8) is 0 Å². The number of nitrogens with zero attached hydrogens (tertiary/aromatic N) is 3. The van der Waals surface area contributed by atoms with Crippen molar-refractivity contribution in [2.24, 2.45) is 7.05 Å². The zero-order valence-electron chi connectivity index (χ0n) is 10.3. The van der Waals surface area contributed by atoms with Gasteiger partial charge < -0.3 is 4.90 Å². The highest BCUT2D eigenvalue weighted by Crippen LogP contribution is 2.25. The Morgan fingerprint density at radius 1 is 1.40 bits per heavy atom. The summed E-state index contributed by atoms with van der Waals surface area (Å²) in [6, 6.07) is 0. The average molecular weight is 209 g/mol. The first-order chi connectivity index (χ1) is 6.73. The molecule has 0 bridgehead atoms. The molecule has 0 radical (unpaired) electrons. The summed E-state index contributed by atoms with van der Waals surface area (Å²) in [4.78, 5) is 13.4. The molecule has 0 saturated heterocycles. The Bertz CT molecular complexity index is 372. The van der Waals surface area contributed by atoms with Crippen molar-refractivity contribution in [2.75, 3.05) is 14.1 Å². The van der Waals surface area contributed by atoms with Gasteiger partial charge in [-0.2, -0.15) is 5.10 Å². The SMILES string of the molecule is CN(C)C(=O)c1nn(C)cc1C(C)(C)C. The van der Waals surface area contributed by atoms with Gasteiger partial charge in [0.15, 0.2) is 5.69 Å². The van der Waals surface area contributed by atoms with Gasteiger partial charge in [-0.15, -0.1) is 0 Å². The molecule has 1 aromatic rings. The summed E-state index contributed by atoms with van der Waals surface area (Å²) in [6.07, 6.45) is 1.91. The molecule has 0 N–H and O–H groups in total. The van der Waals surface area contributed by atoms with Crippen molar-refractivity contribution in [3.8, 4) is 0 Å². The molecule has 0 aromatic carbocycles. The molecular weight excluding hydrogens is 190 g/mol. The van der Waals surface area contributed by atoms with Crippen LogP contribution in [0.2, 0.25) is 0 Å². The number of hydrogen-bond acceptors (Lipinski definition) is 2. The predicted molar refractivity (Wildman–Crippen MR) is 59.9 cm³/mol. The first-order valence-corrected chi connectivity index (χ1v) is 4.99. The first kappa shape index (κ1) is 11.8. The molecule has 0 aliphatic carbocycles. The normalized spacial score (nSPS) is 11.6. The van der Waals surface area contributed by atoms with Gasteiger partial charge in [0.05, 0.1) is 0 Å². The van der Waals surface area contributed by atoms with Gasteiger partial charge in [-0.3, -0.25) is 9.48 Å². The highest BCUT2D eigenvalue weighted by Gasteiger charge is 2.25. The molecular formula is C11H19N3O. The number of hydrogen-bond donors (Lipinski definition) is 0. The van der Waals surface area contributed by atoms with E-state index in [9.17, 15) is 4.79 Å². The fourth-order valence-electron chi connectivity index (χ4n) is 1.41. The summed E-state index contributed by atoms with van der Waals surface area (Å²) in [7, 11) is 5.31. The average Bonchev–Trinajstić information content (AvgIpc) is 2.44. The Morgan fingerprint density at radius 3 is 2.33 bits per heavy atom. The molecule has 4 nitrogen and oxygen atoms in total. The number of amides is 1. The molecule has 84 valence electrons. The third kappa shape index (κ3) is 2.37. The molecule has 1 rings (SSSR count). The van der Waals surface area contributed by atoms with Gasteiger partial charge in [-0.05, 0) is 5.41 Å². The number of carbonyl (C=O) groups excluding carboxylic acids is 1. The summed E-state index contributed by atoms with van der Waals surface area (Å²) in [5, 5.41) is 4.22. The maximum atomic E-state index is 11.9. The first-order valence-electron chi connectivity index (χ1n) is 4.99. The molecule has 0 atom stereocenters. The van der Waals surface area contributed by atoms with Crippen LogP contribution in [0.15, 0.2) is 6.20 Å². The van der Waals surface area contributed by atoms with Crippen LogP contribution in [0, 0.1) is 0 Å². The maximum absolute atomic E-state index is 11.9. The van der Waals surface area contributed by atoms with E-state index < -0.39 is 0 Å². The minimum absolute atomic E-state index is 0.0412. The number of aryl methyl sites for hydroxylation is 1. The standard InChI is InChI=1S/C11H19N3O/c1-11(2,3)8-7-14(6)12-9(8)10(15)13(4)5/h7H,1-6H3. The second-order valence-corrected chi connectivity index (χ2v) is 5.01. The molecule has 15 heavy (non-hydrogen) atoms. The van der Waals surface area contributed by atoms with Gasteiger partial charge in [-0.1, -0.05) is 20.8 Å². The summed E-state index contributed by atoms with van der Waals surface area (Å²) >= 11 is 0. The van der Waals surface area contributed by atoms with Crippen LogP contribution >= 0.6 is 0 Å². The Kier molecular flexibility index (Phi) is 2.88. The highest BCUT2D eigenvalue weighted by molar-refractivity contribution is 5.93. The lowest BCUT2D eigenvalue weighted by molar-refractivity contribution is 0.0819. The summed E-state index contributed by atoms with van der Waals surface area (Å²) < 4.78 is 1.69. The van der Waals surface area contributed by atoms with Crippen molar-refractivity contribution < 1.29 is 4.79 Å².